The van der Waals surface area contributed by atoms with Crippen molar-refractivity contribution >= 4 is 50.0 Å². The van der Waals surface area contributed by atoms with Crippen molar-refractivity contribution in [1.82, 2.24) is 4.98 Å². The van der Waals surface area contributed by atoms with E-state index in [-0.39, 0.29) is 5.91 Å². The number of thiazole rings is 1. The molecule has 5 nitrogen and oxygen atoms in total. The molecule has 2 aromatic rings. The van der Waals surface area contributed by atoms with Gasteiger partial charge in [-0.2, -0.15) is 0 Å². The second kappa shape index (κ2) is 5.49. The molecule has 1 aromatic carbocycles. The number of anilines is 1. The second-order valence-corrected chi connectivity index (χ2v) is 8.09. The molecule has 0 saturated heterocycles. The first-order chi connectivity index (χ1) is 11.0. The molecule has 2 aliphatic rings. The van der Waals surface area contributed by atoms with E-state index in [0.29, 0.717) is 5.75 Å². The van der Waals surface area contributed by atoms with Crippen LogP contribution in [0.15, 0.2) is 11.1 Å². The van der Waals surface area contributed by atoms with E-state index in [0.717, 1.165) is 28.5 Å². The summed E-state index contributed by atoms with van der Waals surface area (Å²) in [6.07, 6.45) is 2.31. The van der Waals surface area contributed by atoms with Crippen molar-refractivity contribution in [3.05, 3.63) is 22.2 Å². The smallest absolute Gasteiger partial charge is 0.243 e. The molecule has 7 heteroatoms. The van der Waals surface area contributed by atoms with Crippen LogP contribution in [0.2, 0.25) is 0 Å². The summed E-state index contributed by atoms with van der Waals surface area (Å²) in [5, 5.41) is 1.75. The van der Waals surface area contributed by atoms with E-state index in [1.807, 2.05) is 0 Å². The number of primary amides is 1. The highest BCUT2D eigenvalue weighted by molar-refractivity contribution is 8.15. The summed E-state index contributed by atoms with van der Waals surface area (Å²) < 4.78 is 1.19. The van der Waals surface area contributed by atoms with Crippen LogP contribution in [-0.2, 0) is 11.2 Å². The molecule has 0 aliphatic carbocycles. The lowest BCUT2D eigenvalue weighted by atomic mass is 9.96. The lowest BCUT2D eigenvalue weighted by Gasteiger charge is -2.28. The summed E-state index contributed by atoms with van der Waals surface area (Å²) >= 11 is 3.23. The maximum Gasteiger partial charge on any atom is 0.243 e. The van der Waals surface area contributed by atoms with Gasteiger partial charge in [0.05, 0.1) is 10.2 Å². The normalized spacial score (nSPS) is 20.7. The van der Waals surface area contributed by atoms with Crippen LogP contribution >= 0.6 is 23.1 Å². The molecule has 3 heterocycles. The van der Waals surface area contributed by atoms with Gasteiger partial charge in [0.25, 0.3) is 0 Å². The Morgan fingerprint density at radius 1 is 1.48 bits per heavy atom. The van der Waals surface area contributed by atoms with E-state index in [4.69, 9.17) is 10.7 Å². The molecule has 0 spiro atoms. The van der Waals surface area contributed by atoms with Crippen LogP contribution in [0.1, 0.15) is 22.6 Å². The van der Waals surface area contributed by atoms with E-state index in [9.17, 15) is 4.79 Å². The summed E-state index contributed by atoms with van der Waals surface area (Å²) in [6.45, 7) is 3.27. The number of carbonyl (C=O) groups is 1. The molecule has 2 aliphatic heterocycles. The molecule has 0 fully saturated rings. The van der Waals surface area contributed by atoms with Crippen LogP contribution in [0.25, 0.3) is 10.2 Å². The number of hydrogen-bond donors (Lipinski definition) is 1. The van der Waals surface area contributed by atoms with Gasteiger partial charge in [0.2, 0.25) is 5.91 Å². The number of hydrogen-bond acceptors (Lipinski definition) is 6. The van der Waals surface area contributed by atoms with Crippen LogP contribution in [0.5, 0.6) is 0 Å². The topological polar surface area (TPSA) is 71.6 Å². The molecule has 23 heavy (non-hydrogen) atoms. The van der Waals surface area contributed by atoms with Crippen molar-refractivity contribution in [3.63, 3.8) is 0 Å². The Labute approximate surface area is 143 Å². The van der Waals surface area contributed by atoms with Gasteiger partial charge in [-0.3, -0.25) is 9.79 Å². The third-order valence-corrected chi connectivity index (χ3v) is 6.73. The molecule has 0 bridgehead atoms. The number of aryl methyl sites for hydroxylation is 1. The maximum absolute atomic E-state index is 11.3. The van der Waals surface area contributed by atoms with Gasteiger partial charge in [-0.25, -0.2) is 4.98 Å². The zero-order valence-corrected chi connectivity index (χ0v) is 14.8. The van der Waals surface area contributed by atoms with E-state index < -0.39 is 6.04 Å². The number of nitrogens with two attached hydrogens (primary N) is 1. The highest BCUT2D eigenvalue weighted by atomic mass is 32.2. The van der Waals surface area contributed by atoms with Crippen LogP contribution in [0.3, 0.4) is 0 Å². The van der Waals surface area contributed by atoms with Crippen LogP contribution in [0, 0.1) is 6.92 Å². The number of thioether (sulfide) groups is 1. The van der Waals surface area contributed by atoms with Gasteiger partial charge >= 0.3 is 0 Å². The van der Waals surface area contributed by atoms with Crippen molar-refractivity contribution in [3.8, 4) is 0 Å². The number of benzene rings is 1. The number of aromatic nitrogens is 1. The van der Waals surface area contributed by atoms with Gasteiger partial charge in [-0.05, 0) is 37.0 Å². The summed E-state index contributed by atoms with van der Waals surface area (Å²) in [5.74, 6) is 0.264. The predicted molar refractivity (Wildman–Crippen MR) is 97.9 cm³/mol. The van der Waals surface area contributed by atoms with Crippen molar-refractivity contribution in [2.45, 2.75) is 25.8 Å². The van der Waals surface area contributed by atoms with Crippen molar-refractivity contribution < 1.29 is 4.79 Å². The van der Waals surface area contributed by atoms with E-state index in [2.05, 4.69) is 29.9 Å². The van der Waals surface area contributed by atoms with Crippen LogP contribution < -0.4 is 10.6 Å². The first kappa shape index (κ1) is 15.0. The minimum absolute atomic E-state index is 0.359. The van der Waals surface area contributed by atoms with Crippen LogP contribution in [0.4, 0.5) is 5.69 Å². The highest BCUT2D eigenvalue weighted by Crippen LogP contribution is 2.38. The Morgan fingerprint density at radius 3 is 3.04 bits per heavy atom. The lowest BCUT2D eigenvalue weighted by Crippen LogP contribution is -2.26. The number of amides is 1. The average molecular weight is 346 g/mol. The highest BCUT2D eigenvalue weighted by Gasteiger charge is 2.26. The Morgan fingerprint density at radius 2 is 2.30 bits per heavy atom. The summed E-state index contributed by atoms with van der Waals surface area (Å²) in [6, 6.07) is 1.84. The standard InChI is InChI=1S/C16H18N4OS2/c1-8-9-4-3-5-20(2)11(9)6-12-13(8)19-16(23-12)15-18-10(7-22-15)14(17)21/h6,10H,3-5,7H2,1-2H3,(H2,17,21)/t10-/m1/s1. The molecule has 1 atom stereocenters. The molecular weight excluding hydrogens is 328 g/mol. The Hall–Kier alpha value is -1.60. The third-order valence-electron chi connectivity index (χ3n) is 4.53. The molecule has 120 valence electrons. The molecule has 0 saturated carbocycles. The molecule has 0 radical (unpaired) electrons. The third kappa shape index (κ3) is 2.42. The number of carbonyl (C=O) groups excluding carboxylic acids is 1. The van der Waals surface area contributed by atoms with E-state index in [1.54, 1.807) is 23.1 Å². The Kier molecular flexibility index (Phi) is 3.57. The fraction of sp³-hybridized carbons (Fsp3) is 0.438. The Bertz CT molecular complexity index is 842. The first-order valence-corrected chi connectivity index (χ1v) is 9.49. The van der Waals surface area contributed by atoms with E-state index >= 15 is 0 Å². The largest absolute Gasteiger partial charge is 0.374 e. The average Bonchev–Trinajstić information content (AvgIpc) is 3.15. The zero-order valence-electron chi connectivity index (χ0n) is 13.1. The second-order valence-electron chi connectivity index (χ2n) is 6.05. The molecule has 4 rings (SSSR count). The van der Waals surface area contributed by atoms with Gasteiger partial charge < -0.3 is 10.6 Å². The maximum atomic E-state index is 11.3. The molecular formula is C16H18N4OS2. The summed E-state index contributed by atoms with van der Waals surface area (Å²) in [7, 11) is 2.15. The number of aliphatic imine (C=N–C) groups is 1. The van der Waals surface area contributed by atoms with Crippen molar-refractivity contribution in [1.29, 1.82) is 0 Å². The number of nitrogens with zero attached hydrogens (tertiary/aromatic N) is 3. The quantitative estimate of drug-likeness (QED) is 0.906. The summed E-state index contributed by atoms with van der Waals surface area (Å²) in [5.41, 5.74) is 10.4. The van der Waals surface area contributed by atoms with Gasteiger partial charge in [-0.15, -0.1) is 23.1 Å². The zero-order chi connectivity index (χ0) is 16.1. The van der Waals surface area contributed by atoms with E-state index in [1.165, 1.54) is 27.9 Å². The predicted octanol–water partition coefficient (Wildman–Crippen LogP) is 2.33. The Balaban J connectivity index is 1.81. The fourth-order valence-corrected chi connectivity index (χ4v) is 5.42. The van der Waals surface area contributed by atoms with Gasteiger partial charge in [0.15, 0.2) is 0 Å². The minimum Gasteiger partial charge on any atom is -0.374 e. The molecule has 1 aromatic heterocycles. The minimum atomic E-state index is -0.414. The van der Waals surface area contributed by atoms with Gasteiger partial charge in [0, 0.05) is 25.0 Å². The molecule has 1 amide bonds. The van der Waals surface area contributed by atoms with Crippen molar-refractivity contribution in [2.75, 3.05) is 24.2 Å². The number of fused-ring (bicyclic) bond motifs is 2. The molecule has 2 N–H and O–H groups in total. The number of rotatable bonds is 2. The molecule has 0 unspecified atom stereocenters. The van der Waals surface area contributed by atoms with Crippen LogP contribution in [-0.4, -0.2) is 41.3 Å². The fourth-order valence-electron chi connectivity index (χ4n) is 3.24. The monoisotopic (exact) mass is 346 g/mol. The summed E-state index contributed by atoms with van der Waals surface area (Å²) in [4.78, 5) is 22.9. The SMILES string of the molecule is Cc1c2c(cc3sc(C4=N[C@@H](C(N)=O)CS4)nc13)N(C)CCC2. The lowest BCUT2D eigenvalue weighted by molar-refractivity contribution is -0.118. The van der Waals surface area contributed by atoms with Gasteiger partial charge in [-0.1, -0.05) is 0 Å². The van der Waals surface area contributed by atoms with Gasteiger partial charge in [0.1, 0.15) is 16.1 Å². The van der Waals surface area contributed by atoms with Crippen molar-refractivity contribution in [2.24, 2.45) is 10.7 Å². The first-order valence-electron chi connectivity index (χ1n) is 7.69.